The molecule has 1 aromatic heterocycles. The summed E-state index contributed by atoms with van der Waals surface area (Å²) in [5, 5.41) is 28.6. The van der Waals surface area contributed by atoms with Gasteiger partial charge in [0.25, 0.3) is 0 Å². The molecule has 1 heterocycles. The molecule has 26 heteroatoms. The normalized spacial score (nSPS) is 13.0. The first kappa shape index (κ1) is 70.2. The topological polar surface area (TPSA) is 351 Å². The maximum absolute atomic E-state index is 13.5. The number of urea groups is 1. The molecule has 3 atom stereocenters. The van der Waals surface area contributed by atoms with Crippen LogP contribution < -0.4 is 48.7 Å². The number of primary amides is 2. The zero-order valence-corrected chi connectivity index (χ0v) is 48.8. The van der Waals surface area contributed by atoms with Gasteiger partial charge in [-0.05, 0) is 118 Å². The van der Waals surface area contributed by atoms with Crippen LogP contribution in [-0.4, -0.2) is 185 Å². The summed E-state index contributed by atoms with van der Waals surface area (Å²) in [5.74, 6) is -2.83. The Kier molecular flexibility index (Phi) is 34.0. The summed E-state index contributed by atoms with van der Waals surface area (Å²) >= 11 is 0. The molecule has 0 spiro atoms. The molecule has 0 saturated carbocycles. The van der Waals surface area contributed by atoms with Crippen LogP contribution in [0.15, 0.2) is 30.5 Å². The van der Waals surface area contributed by atoms with Crippen LogP contribution >= 0.6 is 0 Å². The lowest BCUT2D eigenvalue weighted by molar-refractivity contribution is -0.154. The van der Waals surface area contributed by atoms with Gasteiger partial charge in [-0.25, -0.2) is 9.48 Å². The predicted molar refractivity (Wildman–Crippen MR) is 299 cm³/mol. The number of esters is 1. The van der Waals surface area contributed by atoms with Gasteiger partial charge in [0.05, 0.1) is 89.8 Å². The minimum absolute atomic E-state index is 0.000508. The van der Waals surface area contributed by atoms with E-state index >= 15 is 0 Å². The largest absolute Gasteiger partial charge is 0.460 e. The summed E-state index contributed by atoms with van der Waals surface area (Å²) in [5.41, 5.74) is 11.6. The number of nitrogens with zero attached hydrogens (tertiary/aromatic N) is 3. The second-order valence-electron chi connectivity index (χ2n) is 21.7. The lowest BCUT2D eigenvalue weighted by Crippen LogP contribution is -2.57. The number of rotatable bonds is 44. The van der Waals surface area contributed by atoms with Crippen LogP contribution in [0.3, 0.4) is 0 Å². The van der Waals surface area contributed by atoms with Crippen LogP contribution in [0.5, 0.6) is 0 Å². The Morgan fingerprint density at radius 1 is 0.625 bits per heavy atom. The first-order valence-corrected chi connectivity index (χ1v) is 27.5. The van der Waals surface area contributed by atoms with Crippen LogP contribution in [0, 0.1) is 5.41 Å². The summed E-state index contributed by atoms with van der Waals surface area (Å²) in [6.07, 6.45) is 5.34. The van der Waals surface area contributed by atoms with E-state index in [1.807, 2.05) is 20.8 Å². The molecule has 0 aliphatic rings. The highest BCUT2D eigenvalue weighted by Gasteiger charge is 2.30. The van der Waals surface area contributed by atoms with Crippen molar-refractivity contribution < 1.29 is 66.7 Å². The van der Waals surface area contributed by atoms with Crippen molar-refractivity contribution in [3.8, 4) is 0 Å². The van der Waals surface area contributed by atoms with Gasteiger partial charge in [0, 0.05) is 42.5 Å². The zero-order valence-electron chi connectivity index (χ0n) is 48.8. The third kappa shape index (κ3) is 34.3. The van der Waals surface area contributed by atoms with Crippen LogP contribution in [-0.2, 0) is 81.5 Å². The number of anilines is 1. The predicted octanol–water partition coefficient (Wildman–Crippen LogP) is 1.37. The molecule has 0 aliphatic carbocycles. The van der Waals surface area contributed by atoms with Gasteiger partial charge in [-0.15, -0.1) is 5.10 Å². The van der Waals surface area contributed by atoms with Crippen molar-refractivity contribution in [1.29, 1.82) is 0 Å². The molecule has 11 N–H and O–H groups in total. The molecular formula is C54H94N12O14. The monoisotopic (exact) mass is 1130 g/mol. The molecule has 7 amide bonds. The molecule has 0 fully saturated rings. The second-order valence-corrected chi connectivity index (χ2v) is 21.7. The van der Waals surface area contributed by atoms with Gasteiger partial charge in [0.15, 0.2) is 0 Å². The van der Waals surface area contributed by atoms with Gasteiger partial charge in [0.1, 0.15) is 31.9 Å². The molecule has 2 rings (SSSR count). The number of ether oxygens (including phenoxy) is 7. The Morgan fingerprint density at radius 3 is 1.79 bits per heavy atom. The minimum atomic E-state index is -0.997. The Bertz CT molecular complexity index is 2130. The molecule has 80 heavy (non-hydrogen) atoms. The smallest absolute Gasteiger partial charge is 0.312 e. The van der Waals surface area contributed by atoms with E-state index in [1.165, 1.54) is 0 Å². The number of carbonyl (C=O) groups excluding carboxylic acids is 7. The molecule has 1 aromatic carbocycles. The molecule has 0 unspecified atom stereocenters. The Morgan fingerprint density at radius 2 is 1.21 bits per heavy atom. The van der Waals surface area contributed by atoms with E-state index in [-0.39, 0.29) is 62.1 Å². The van der Waals surface area contributed by atoms with Crippen molar-refractivity contribution in [2.24, 2.45) is 16.9 Å². The highest BCUT2D eigenvalue weighted by atomic mass is 16.6. The summed E-state index contributed by atoms with van der Waals surface area (Å²) in [6, 6.07) is 3.53. The quantitative estimate of drug-likeness (QED) is 0.0334. The standard InChI is InChI=1S/C54H94N12O14/c1-10-54(8,9)63-44(49(71)62-42(47(55)69)14-11-12-21-59-53(5,6)7)34-41-35-66(65-64-41)23-25-75-27-29-77-31-33-78-32-30-76-28-26-74-24-22-57-45(67)37-79-38-46(68)61-43(15-13-20-58-51(56)73)48(70)60-40-18-16-39(17-19-40)36-80-50(72)52(2,3)4/h16-19,35,42-44,59,63H,10-15,20-34,36-38H2,1-9H3,(H2,55,69)(H,57,67)(H,60,70)(H,61,68)(H,62,71)(H3,56,58,73)/t42-,43-,44-/m0/s1. The van der Waals surface area contributed by atoms with E-state index in [2.05, 4.69) is 68.3 Å². The van der Waals surface area contributed by atoms with Crippen molar-refractivity contribution in [3.05, 3.63) is 41.7 Å². The number of carbonyl (C=O) groups is 7. The zero-order chi connectivity index (χ0) is 59.4. The fourth-order valence-corrected chi connectivity index (χ4v) is 7.02. The molecule has 0 aliphatic heterocycles. The maximum Gasteiger partial charge on any atom is 0.312 e. The Labute approximate surface area is 472 Å². The second kappa shape index (κ2) is 38.7. The summed E-state index contributed by atoms with van der Waals surface area (Å²) < 4.78 is 40.1. The third-order valence-corrected chi connectivity index (χ3v) is 11.8. The van der Waals surface area contributed by atoms with Crippen molar-refractivity contribution in [1.82, 2.24) is 46.9 Å². The van der Waals surface area contributed by atoms with E-state index in [0.29, 0.717) is 90.2 Å². The van der Waals surface area contributed by atoms with Crippen LogP contribution in [0.4, 0.5) is 10.5 Å². The van der Waals surface area contributed by atoms with Crippen molar-refractivity contribution in [2.45, 2.75) is 150 Å². The molecule has 454 valence electrons. The maximum atomic E-state index is 13.5. The van der Waals surface area contributed by atoms with Crippen LogP contribution in [0.2, 0.25) is 0 Å². The highest BCUT2D eigenvalue weighted by Crippen LogP contribution is 2.18. The summed E-state index contributed by atoms with van der Waals surface area (Å²) in [7, 11) is 0. The Hall–Kier alpha value is -5.87. The van der Waals surface area contributed by atoms with Gasteiger partial charge >= 0.3 is 12.0 Å². The summed E-state index contributed by atoms with van der Waals surface area (Å²) in [4.78, 5) is 87.1. The molecule has 2 aromatic rings. The van der Waals surface area contributed by atoms with Crippen molar-refractivity contribution in [3.63, 3.8) is 0 Å². The van der Waals surface area contributed by atoms with Crippen LogP contribution in [0.1, 0.15) is 112 Å². The number of unbranched alkanes of at least 4 members (excludes halogenated alkanes) is 1. The number of aromatic nitrogens is 3. The lowest BCUT2D eigenvalue weighted by Gasteiger charge is -2.31. The first-order valence-electron chi connectivity index (χ1n) is 27.5. The van der Waals surface area contributed by atoms with Gasteiger partial charge in [-0.1, -0.05) is 24.3 Å². The van der Waals surface area contributed by atoms with Gasteiger partial charge in [-0.2, -0.15) is 0 Å². The lowest BCUT2D eigenvalue weighted by atomic mass is 9.97. The van der Waals surface area contributed by atoms with E-state index in [4.69, 9.17) is 44.6 Å². The number of hydrogen-bond donors (Lipinski definition) is 9. The number of nitrogens with one attached hydrogen (secondary N) is 7. The van der Waals surface area contributed by atoms with Gasteiger partial charge < -0.3 is 81.8 Å². The van der Waals surface area contributed by atoms with Crippen molar-refractivity contribution in [2.75, 3.05) is 104 Å². The third-order valence-electron chi connectivity index (χ3n) is 11.8. The molecule has 26 nitrogen and oxygen atoms in total. The van der Waals surface area contributed by atoms with E-state index in [9.17, 15) is 33.6 Å². The summed E-state index contributed by atoms with van der Waals surface area (Å²) in [6.45, 7) is 21.9. The number of hydrogen-bond acceptors (Lipinski definition) is 18. The number of nitrogens with two attached hydrogens (primary N) is 2. The molecule has 0 bridgehead atoms. The van der Waals surface area contributed by atoms with Crippen molar-refractivity contribution >= 4 is 47.2 Å². The van der Waals surface area contributed by atoms with Gasteiger partial charge in [0.2, 0.25) is 29.5 Å². The van der Waals surface area contributed by atoms with E-state index in [1.54, 1.807) is 55.9 Å². The van der Waals surface area contributed by atoms with Gasteiger partial charge in [-0.3, -0.25) is 28.8 Å². The molecule has 0 radical (unpaired) electrons. The minimum Gasteiger partial charge on any atom is -0.460 e. The first-order chi connectivity index (χ1) is 37.9. The number of amides is 7. The average molecular weight is 1140 g/mol. The SMILES string of the molecule is CCC(C)(C)N[C@@H](Cc1cn(CCOCCOCCOCCOCCOCCNC(=O)COCC(=O)N[C@@H](CCCNC(N)=O)C(=O)Nc2ccc(COC(=O)C(C)(C)C)cc2)nn1)C(=O)N[C@@H](CCCCNC(C)(C)C)C(N)=O. The molecular weight excluding hydrogens is 1040 g/mol. The fraction of sp³-hybridized carbons (Fsp3) is 0.722. The number of benzene rings is 1. The van der Waals surface area contributed by atoms with Crippen LogP contribution in [0.25, 0.3) is 0 Å². The van der Waals surface area contributed by atoms with E-state index in [0.717, 1.165) is 31.4 Å². The highest BCUT2D eigenvalue weighted by molar-refractivity contribution is 5.97. The Balaban J connectivity index is 1.53. The average Bonchev–Trinajstić information content (AvgIpc) is 3.84. The fourth-order valence-electron chi connectivity index (χ4n) is 7.02. The molecule has 0 saturated heterocycles. The van der Waals surface area contributed by atoms with E-state index < -0.39 is 66.4 Å².